The lowest BCUT2D eigenvalue weighted by Crippen LogP contribution is -2.28. The molecule has 0 bridgehead atoms. The molecule has 2 N–H and O–H groups in total. The lowest BCUT2D eigenvalue weighted by atomic mass is 9.90. The number of hydrogen-bond acceptors (Lipinski definition) is 4. The van der Waals surface area contributed by atoms with E-state index in [2.05, 4.69) is 15.7 Å². The highest BCUT2D eigenvalue weighted by atomic mass is 19.1. The first-order chi connectivity index (χ1) is 11.9. The quantitative estimate of drug-likeness (QED) is 0.872. The normalized spacial score (nSPS) is 20.0. The third-order valence-electron chi connectivity index (χ3n) is 4.27. The largest absolute Gasteiger partial charge is 0.489 e. The molecular weight excluding hydrogens is 323 g/mol. The zero-order chi connectivity index (χ0) is 18.0. The summed E-state index contributed by atoms with van der Waals surface area (Å²) >= 11 is 0. The second-order valence-electron chi connectivity index (χ2n) is 6.61. The molecule has 1 aromatic carbocycles. The standard InChI is InChI=1S/C18H23FN4O2/c1-11(2)25-17-5-4-13(19)6-16(17)22-18(24)15-9-20-8-14(15)12-7-21-23(3)10-12/h4-7,10-11,14-15,20H,8-9H2,1-3H3,(H,22,24)/t14-,15+/m1/s1. The van der Waals surface area contributed by atoms with E-state index < -0.39 is 5.82 Å². The van der Waals surface area contributed by atoms with Crippen LogP contribution in [0.5, 0.6) is 5.75 Å². The van der Waals surface area contributed by atoms with Gasteiger partial charge in [-0.2, -0.15) is 5.10 Å². The number of aryl methyl sites for hydroxylation is 1. The predicted molar refractivity (Wildman–Crippen MR) is 93.1 cm³/mol. The molecule has 25 heavy (non-hydrogen) atoms. The molecule has 0 saturated carbocycles. The highest BCUT2D eigenvalue weighted by molar-refractivity contribution is 5.95. The first kappa shape index (κ1) is 17.4. The molecule has 3 rings (SSSR count). The van der Waals surface area contributed by atoms with Gasteiger partial charge < -0.3 is 15.4 Å². The van der Waals surface area contributed by atoms with Gasteiger partial charge in [-0.25, -0.2) is 4.39 Å². The van der Waals surface area contributed by atoms with E-state index in [1.165, 1.54) is 18.2 Å². The van der Waals surface area contributed by atoms with Gasteiger partial charge in [0.2, 0.25) is 5.91 Å². The number of rotatable bonds is 5. The number of nitrogens with zero attached hydrogens (tertiary/aromatic N) is 2. The van der Waals surface area contributed by atoms with E-state index >= 15 is 0 Å². The predicted octanol–water partition coefficient (Wildman–Crippen LogP) is 2.29. The lowest BCUT2D eigenvalue weighted by Gasteiger charge is -2.19. The molecule has 2 atom stereocenters. The Morgan fingerprint density at radius 3 is 2.92 bits per heavy atom. The van der Waals surface area contributed by atoms with Crippen LogP contribution in [0, 0.1) is 11.7 Å². The average molecular weight is 346 g/mol. The smallest absolute Gasteiger partial charge is 0.229 e. The number of hydrogen-bond donors (Lipinski definition) is 2. The Kier molecular flexibility index (Phi) is 5.03. The average Bonchev–Trinajstić information content (AvgIpc) is 3.18. The van der Waals surface area contributed by atoms with Crippen LogP contribution in [-0.2, 0) is 11.8 Å². The number of amides is 1. The van der Waals surface area contributed by atoms with Gasteiger partial charge in [-0.1, -0.05) is 0 Å². The summed E-state index contributed by atoms with van der Waals surface area (Å²) in [6.07, 6.45) is 3.64. The molecule has 0 radical (unpaired) electrons. The first-order valence-electron chi connectivity index (χ1n) is 8.40. The topological polar surface area (TPSA) is 68.2 Å². The number of benzene rings is 1. The number of aromatic nitrogens is 2. The summed E-state index contributed by atoms with van der Waals surface area (Å²) in [6.45, 7) is 5.05. The Labute approximate surface area is 146 Å². The third kappa shape index (κ3) is 3.99. The van der Waals surface area contributed by atoms with Crippen LogP contribution in [0.2, 0.25) is 0 Å². The van der Waals surface area contributed by atoms with Crippen molar-refractivity contribution in [2.75, 3.05) is 18.4 Å². The van der Waals surface area contributed by atoms with E-state index in [9.17, 15) is 9.18 Å². The van der Waals surface area contributed by atoms with E-state index in [4.69, 9.17) is 4.74 Å². The summed E-state index contributed by atoms with van der Waals surface area (Å²) in [6, 6.07) is 4.15. The SMILES string of the molecule is CC(C)Oc1ccc(F)cc1NC(=O)[C@H]1CNC[C@@H]1c1cnn(C)c1. The van der Waals surface area contributed by atoms with Crippen LogP contribution in [0.1, 0.15) is 25.3 Å². The van der Waals surface area contributed by atoms with Gasteiger partial charge >= 0.3 is 0 Å². The summed E-state index contributed by atoms with van der Waals surface area (Å²) < 4.78 is 21.0. The molecular formula is C18H23FN4O2. The van der Waals surface area contributed by atoms with E-state index in [0.29, 0.717) is 24.5 Å². The molecule has 1 fully saturated rings. The van der Waals surface area contributed by atoms with Crippen molar-refractivity contribution < 1.29 is 13.9 Å². The number of halogens is 1. The maximum absolute atomic E-state index is 13.6. The minimum Gasteiger partial charge on any atom is -0.489 e. The van der Waals surface area contributed by atoms with Crippen molar-refractivity contribution in [2.24, 2.45) is 13.0 Å². The fourth-order valence-corrected chi connectivity index (χ4v) is 3.12. The number of carbonyl (C=O) groups is 1. The number of nitrogens with one attached hydrogen (secondary N) is 2. The van der Waals surface area contributed by atoms with Gasteiger partial charge in [-0.3, -0.25) is 9.48 Å². The summed E-state index contributed by atoms with van der Waals surface area (Å²) in [5.74, 6) is -0.317. The van der Waals surface area contributed by atoms with Crippen LogP contribution in [0.15, 0.2) is 30.6 Å². The van der Waals surface area contributed by atoms with Crippen molar-refractivity contribution in [3.05, 3.63) is 42.0 Å². The molecule has 134 valence electrons. The van der Waals surface area contributed by atoms with Crippen molar-refractivity contribution in [1.29, 1.82) is 0 Å². The molecule has 0 unspecified atom stereocenters. The van der Waals surface area contributed by atoms with Crippen LogP contribution < -0.4 is 15.4 Å². The zero-order valence-electron chi connectivity index (χ0n) is 14.6. The Morgan fingerprint density at radius 2 is 2.24 bits per heavy atom. The van der Waals surface area contributed by atoms with Gasteiger partial charge in [-0.05, 0) is 31.5 Å². The minimum atomic E-state index is -0.417. The Hall–Kier alpha value is -2.41. The molecule has 7 heteroatoms. The molecule has 6 nitrogen and oxygen atoms in total. The Morgan fingerprint density at radius 1 is 1.44 bits per heavy atom. The van der Waals surface area contributed by atoms with E-state index in [1.54, 1.807) is 10.9 Å². The van der Waals surface area contributed by atoms with Crippen LogP contribution in [0.25, 0.3) is 0 Å². The molecule has 1 aliphatic heterocycles. The second-order valence-corrected chi connectivity index (χ2v) is 6.61. The summed E-state index contributed by atoms with van der Waals surface area (Å²) in [5.41, 5.74) is 1.38. The molecule has 1 aromatic heterocycles. The maximum Gasteiger partial charge on any atom is 0.229 e. The summed E-state index contributed by atoms with van der Waals surface area (Å²) in [5, 5.41) is 10.3. The van der Waals surface area contributed by atoms with E-state index in [-0.39, 0.29) is 23.8 Å². The number of ether oxygens (including phenoxy) is 1. The monoisotopic (exact) mass is 346 g/mol. The molecule has 0 aliphatic carbocycles. The molecule has 1 amide bonds. The Balaban J connectivity index is 1.78. The van der Waals surface area contributed by atoms with Gasteiger partial charge in [0.25, 0.3) is 0 Å². The van der Waals surface area contributed by atoms with Gasteiger partial charge in [0, 0.05) is 38.3 Å². The molecule has 1 saturated heterocycles. The van der Waals surface area contributed by atoms with Gasteiger partial charge in [0.1, 0.15) is 11.6 Å². The van der Waals surface area contributed by atoms with Crippen molar-refractivity contribution in [2.45, 2.75) is 25.9 Å². The summed E-state index contributed by atoms with van der Waals surface area (Å²) in [4.78, 5) is 12.8. The molecule has 2 heterocycles. The van der Waals surface area contributed by atoms with Crippen molar-refractivity contribution >= 4 is 11.6 Å². The minimum absolute atomic E-state index is 0.0386. The lowest BCUT2D eigenvalue weighted by molar-refractivity contribution is -0.119. The van der Waals surface area contributed by atoms with Gasteiger partial charge in [0.15, 0.2) is 0 Å². The fraction of sp³-hybridized carbons (Fsp3) is 0.444. The first-order valence-corrected chi connectivity index (χ1v) is 8.40. The summed E-state index contributed by atoms with van der Waals surface area (Å²) in [7, 11) is 1.85. The highest BCUT2D eigenvalue weighted by Gasteiger charge is 2.35. The molecule has 2 aromatic rings. The Bertz CT molecular complexity index is 759. The van der Waals surface area contributed by atoms with E-state index in [1.807, 2.05) is 27.1 Å². The third-order valence-corrected chi connectivity index (χ3v) is 4.27. The van der Waals surface area contributed by atoms with Crippen LogP contribution in [-0.4, -0.2) is 34.9 Å². The maximum atomic E-state index is 13.6. The molecule has 1 aliphatic rings. The van der Waals surface area contributed by atoms with Gasteiger partial charge in [0.05, 0.1) is 23.9 Å². The second kappa shape index (κ2) is 7.23. The number of anilines is 1. The van der Waals surface area contributed by atoms with Crippen molar-refractivity contribution in [3.8, 4) is 5.75 Å². The van der Waals surface area contributed by atoms with Crippen molar-refractivity contribution in [3.63, 3.8) is 0 Å². The zero-order valence-corrected chi connectivity index (χ0v) is 14.6. The van der Waals surface area contributed by atoms with Crippen LogP contribution in [0.3, 0.4) is 0 Å². The van der Waals surface area contributed by atoms with Gasteiger partial charge in [-0.15, -0.1) is 0 Å². The van der Waals surface area contributed by atoms with Crippen molar-refractivity contribution in [1.82, 2.24) is 15.1 Å². The van der Waals surface area contributed by atoms with Crippen LogP contribution >= 0.6 is 0 Å². The van der Waals surface area contributed by atoms with E-state index in [0.717, 1.165) is 5.56 Å². The molecule has 0 spiro atoms. The highest BCUT2D eigenvalue weighted by Crippen LogP contribution is 2.31. The number of carbonyl (C=O) groups excluding carboxylic acids is 1. The fourth-order valence-electron chi connectivity index (χ4n) is 3.12. The van der Waals surface area contributed by atoms with Crippen LogP contribution in [0.4, 0.5) is 10.1 Å².